The number of rotatable bonds is 4. The number of ether oxygens (including phenoxy) is 1. The first-order chi connectivity index (χ1) is 7.61. The van der Waals surface area contributed by atoms with Gasteiger partial charge in [0.25, 0.3) is 0 Å². The van der Waals surface area contributed by atoms with E-state index in [1.54, 1.807) is 0 Å². The molecule has 0 aromatic rings. The van der Waals surface area contributed by atoms with Crippen LogP contribution in [0, 0.1) is 17.3 Å². The van der Waals surface area contributed by atoms with Crippen molar-refractivity contribution in [3.05, 3.63) is 0 Å². The van der Waals surface area contributed by atoms with E-state index in [1.807, 2.05) is 13.8 Å². The van der Waals surface area contributed by atoms with Gasteiger partial charge in [-0.25, -0.2) is 0 Å². The largest absolute Gasteiger partial charge is 0.465 e. The van der Waals surface area contributed by atoms with Gasteiger partial charge in [0, 0.05) is 0 Å². The topological polar surface area (TPSA) is 26.3 Å². The molecule has 2 nitrogen and oxygen atoms in total. The number of carbonyl (C=O) groups is 1. The molecule has 0 atom stereocenters. The lowest BCUT2D eigenvalue weighted by Crippen LogP contribution is -2.35. The maximum Gasteiger partial charge on any atom is 0.308 e. The SMILES string of the molecule is CC(C)C(=O)OCCC12CCC(CC1)CC2. The van der Waals surface area contributed by atoms with Gasteiger partial charge in [-0.3, -0.25) is 4.79 Å². The van der Waals surface area contributed by atoms with Gasteiger partial charge in [0.2, 0.25) is 0 Å². The summed E-state index contributed by atoms with van der Waals surface area (Å²) in [6.45, 7) is 4.43. The quantitative estimate of drug-likeness (QED) is 0.683. The molecular formula is C14H24O2. The predicted molar refractivity (Wildman–Crippen MR) is 64.0 cm³/mol. The van der Waals surface area contributed by atoms with Crippen LogP contribution in [-0.4, -0.2) is 12.6 Å². The van der Waals surface area contributed by atoms with Gasteiger partial charge in [0.15, 0.2) is 0 Å². The first kappa shape index (κ1) is 11.9. The first-order valence-corrected chi connectivity index (χ1v) is 6.78. The highest BCUT2D eigenvalue weighted by atomic mass is 16.5. The molecule has 0 radical (unpaired) electrons. The molecule has 3 rings (SSSR count). The van der Waals surface area contributed by atoms with Gasteiger partial charge >= 0.3 is 5.97 Å². The van der Waals surface area contributed by atoms with E-state index >= 15 is 0 Å². The van der Waals surface area contributed by atoms with Crippen LogP contribution in [0.1, 0.15) is 58.8 Å². The van der Waals surface area contributed by atoms with Gasteiger partial charge in [-0.05, 0) is 56.3 Å². The fourth-order valence-electron chi connectivity index (χ4n) is 3.25. The second kappa shape index (κ2) is 4.77. The zero-order chi connectivity index (χ0) is 11.6. The summed E-state index contributed by atoms with van der Waals surface area (Å²) in [5, 5.41) is 0. The Hall–Kier alpha value is -0.530. The van der Waals surface area contributed by atoms with Crippen LogP contribution in [0.2, 0.25) is 0 Å². The maximum absolute atomic E-state index is 11.4. The minimum atomic E-state index is -0.0408. The summed E-state index contributed by atoms with van der Waals surface area (Å²) in [5.41, 5.74) is 0.534. The second-order valence-electron chi connectivity index (χ2n) is 6.05. The van der Waals surface area contributed by atoms with E-state index in [0.717, 1.165) is 12.3 Å². The Kier molecular flexibility index (Phi) is 3.56. The molecule has 3 aliphatic carbocycles. The third kappa shape index (κ3) is 2.58. The molecule has 2 bridgehead atoms. The smallest absolute Gasteiger partial charge is 0.308 e. The molecule has 0 unspecified atom stereocenters. The van der Waals surface area contributed by atoms with Crippen molar-refractivity contribution in [2.24, 2.45) is 17.3 Å². The third-order valence-electron chi connectivity index (χ3n) is 4.60. The summed E-state index contributed by atoms with van der Waals surface area (Å²) in [7, 11) is 0. The van der Waals surface area contributed by atoms with Crippen molar-refractivity contribution in [1.82, 2.24) is 0 Å². The highest BCUT2D eigenvalue weighted by Gasteiger charge is 2.39. The molecule has 0 spiro atoms. The average molecular weight is 224 g/mol. The van der Waals surface area contributed by atoms with Crippen LogP contribution < -0.4 is 0 Å². The Morgan fingerprint density at radius 3 is 2.31 bits per heavy atom. The van der Waals surface area contributed by atoms with Crippen molar-refractivity contribution >= 4 is 5.97 Å². The van der Waals surface area contributed by atoms with Crippen LogP contribution in [0.25, 0.3) is 0 Å². The molecule has 2 heteroatoms. The van der Waals surface area contributed by atoms with Gasteiger partial charge in [0.1, 0.15) is 0 Å². The van der Waals surface area contributed by atoms with Gasteiger partial charge in [0.05, 0.1) is 12.5 Å². The number of hydrogen-bond donors (Lipinski definition) is 0. The van der Waals surface area contributed by atoms with E-state index in [9.17, 15) is 4.79 Å². The van der Waals surface area contributed by atoms with Crippen LogP contribution in [0.4, 0.5) is 0 Å². The van der Waals surface area contributed by atoms with Gasteiger partial charge in [-0.1, -0.05) is 13.8 Å². The van der Waals surface area contributed by atoms with Crippen molar-refractivity contribution in [3.8, 4) is 0 Å². The first-order valence-electron chi connectivity index (χ1n) is 6.78. The summed E-state index contributed by atoms with van der Waals surface area (Å²) < 4.78 is 5.31. The Bertz CT molecular complexity index is 236. The predicted octanol–water partition coefficient (Wildman–Crippen LogP) is 3.55. The summed E-state index contributed by atoms with van der Waals surface area (Å²) in [5.74, 6) is 0.987. The highest BCUT2D eigenvalue weighted by molar-refractivity contribution is 5.71. The Morgan fingerprint density at radius 1 is 1.25 bits per heavy atom. The number of esters is 1. The van der Waals surface area contributed by atoms with E-state index in [0.29, 0.717) is 12.0 Å². The third-order valence-corrected chi connectivity index (χ3v) is 4.60. The number of hydrogen-bond acceptors (Lipinski definition) is 2. The van der Waals surface area contributed by atoms with E-state index in [1.165, 1.54) is 38.5 Å². The molecule has 0 N–H and O–H groups in total. The van der Waals surface area contributed by atoms with Gasteiger partial charge < -0.3 is 4.74 Å². The second-order valence-corrected chi connectivity index (χ2v) is 6.05. The lowest BCUT2D eigenvalue weighted by Gasteiger charge is -2.46. The Morgan fingerprint density at radius 2 is 1.81 bits per heavy atom. The Balaban J connectivity index is 1.75. The molecule has 3 saturated carbocycles. The molecule has 16 heavy (non-hydrogen) atoms. The highest BCUT2D eigenvalue weighted by Crippen LogP contribution is 2.52. The van der Waals surface area contributed by atoms with Crippen molar-refractivity contribution in [1.29, 1.82) is 0 Å². The summed E-state index contributed by atoms with van der Waals surface area (Å²) in [6, 6.07) is 0. The Labute approximate surface area is 98.7 Å². The van der Waals surface area contributed by atoms with Crippen LogP contribution in [0.3, 0.4) is 0 Å². The van der Waals surface area contributed by atoms with Crippen molar-refractivity contribution < 1.29 is 9.53 Å². The minimum absolute atomic E-state index is 0.0135. The molecule has 0 heterocycles. The van der Waals surface area contributed by atoms with E-state index in [-0.39, 0.29) is 11.9 Å². The van der Waals surface area contributed by atoms with Gasteiger partial charge in [-0.15, -0.1) is 0 Å². The van der Waals surface area contributed by atoms with Crippen molar-refractivity contribution in [2.45, 2.75) is 58.8 Å². The molecule has 0 aliphatic heterocycles. The van der Waals surface area contributed by atoms with Crippen LogP contribution in [0.15, 0.2) is 0 Å². The van der Waals surface area contributed by atoms with E-state index < -0.39 is 0 Å². The van der Waals surface area contributed by atoms with Crippen LogP contribution in [-0.2, 0) is 9.53 Å². The molecule has 3 fully saturated rings. The zero-order valence-electron chi connectivity index (χ0n) is 10.6. The fourth-order valence-corrected chi connectivity index (χ4v) is 3.25. The van der Waals surface area contributed by atoms with Crippen molar-refractivity contribution in [2.75, 3.05) is 6.61 Å². The maximum atomic E-state index is 11.4. The summed E-state index contributed by atoms with van der Waals surface area (Å²) in [6.07, 6.45) is 9.46. The molecule has 3 aliphatic rings. The minimum Gasteiger partial charge on any atom is -0.465 e. The van der Waals surface area contributed by atoms with E-state index in [2.05, 4.69) is 0 Å². The molecular weight excluding hydrogens is 200 g/mol. The molecule has 0 aromatic heterocycles. The fraction of sp³-hybridized carbons (Fsp3) is 0.929. The summed E-state index contributed by atoms with van der Waals surface area (Å²) in [4.78, 5) is 11.4. The number of fused-ring (bicyclic) bond motifs is 3. The van der Waals surface area contributed by atoms with Crippen molar-refractivity contribution in [3.63, 3.8) is 0 Å². The molecule has 0 saturated heterocycles. The zero-order valence-corrected chi connectivity index (χ0v) is 10.6. The molecule has 92 valence electrons. The summed E-state index contributed by atoms with van der Waals surface area (Å²) >= 11 is 0. The lowest BCUT2D eigenvalue weighted by atomic mass is 9.59. The van der Waals surface area contributed by atoms with Crippen LogP contribution in [0.5, 0.6) is 0 Å². The molecule has 0 aromatic carbocycles. The van der Waals surface area contributed by atoms with Gasteiger partial charge in [-0.2, -0.15) is 0 Å². The molecule has 0 amide bonds. The average Bonchev–Trinajstić information content (AvgIpc) is 2.31. The number of carbonyl (C=O) groups excluding carboxylic acids is 1. The monoisotopic (exact) mass is 224 g/mol. The van der Waals surface area contributed by atoms with Crippen LogP contribution >= 0.6 is 0 Å². The van der Waals surface area contributed by atoms with E-state index in [4.69, 9.17) is 4.74 Å². The normalized spacial score (nSPS) is 33.1. The standard InChI is InChI=1S/C14H24O2/c1-11(2)13(15)16-10-9-14-6-3-12(4-7-14)5-8-14/h11-12H,3-10H2,1-2H3. The lowest BCUT2D eigenvalue weighted by molar-refractivity contribution is -0.148.